The molecule has 1 N–H and O–H groups in total. The molecule has 32 heavy (non-hydrogen) atoms. The van der Waals surface area contributed by atoms with E-state index in [1.54, 1.807) is 7.11 Å². The Morgan fingerprint density at radius 3 is 2.78 bits per heavy atom. The largest absolute Gasteiger partial charge is 0.497 e. The number of fused-ring (bicyclic) bond motifs is 4. The number of piperidine rings is 1. The Morgan fingerprint density at radius 1 is 1.16 bits per heavy atom. The molecule has 1 amide bonds. The lowest BCUT2D eigenvalue weighted by atomic mass is 9.82. The number of carbonyl (C=O) groups is 1. The number of carbonyl (C=O) groups excluding carboxylic acids is 1. The highest BCUT2D eigenvalue weighted by molar-refractivity contribution is 5.94. The Balaban J connectivity index is 1.36. The van der Waals surface area contributed by atoms with Crippen molar-refractivity contribution in [1.29, 1.82) is 0 Å². The van der Waals surface area contributed by atoms with Gasteiger partial charge in [-0.2, -0.15) is 0 Å². The van der Waals surface area contributed by atoms with E-state index in [1.165, 1.54) is 11.3 Å². The fourth-order valence-electron chi connectivity index (χ4n) is 5.04. The number of likely N-dealkylation sites (tertiary alicyclic amines) is 1. The van der Waals surface area contributed by atoms with Crippen LogP contribution in [0.3, 0.4) is 0 Å². The first-order chi connectivity index (χ1) is 15.6. The molecule has 1 spiro atoms. The van der Waals surface area contributed by atoms with Crippen LogP contribution in [-0.2, 0) is 12.0 Å². The summed E-state index contributed by atoms with van der Waals surface area (Å²) in [7, 11) is 1.69. The molecule has 5 nitrogen and oxygen atoms in total. The van der Waals surface area contributed by atoms with Crippen molar-refractivity contribution in [1.82, 2.24) is 9.47 Å². The van der Waals surface area contributed by atoms with E-state index < -0.39 is 0 Å². The molecular formula is C27H29N3O2. The second-order valence-corrected chi connectivity index (χ2v) is 8.67. The first kappa shape index (κ1) is 20.4. The van der Waals surface area contributed by atoms with Crippen LogP contribution in [0.15, 0.2) is 73.4 Å². The van der Waals surface area contributed by atoms with Gasteiger partial charge in [0.2, 0.25) is 0 Å². The number of amides is 1. The Hall–Kier alpha value is -3.47. The van der Waals surface area contributed by atoms with Crippen LogP contribution in [-0.4, -0.2) is 35.6 Å². The van der Waals surface area contributed by atoms with Crippen molar-refractivity contribution in [2.24, 2.45) is 0 Å². The van der Waals surface area contributed by atoms with Crippen LogP contribution < -0.4 is 10.1 Å². The highest BCUT2D eigenvalue weighted by Crippen LogP contribution is 2.44. The lowest BCUT2D eigenvalue weighted by Crippen LogP contribution is -2.51. The minimum absolute atomic E-state index is 0.119. The molecule has 2 aliphatic heterocycles. The molecule has 0 unspecified atom stereocenters. The Bertz CT molecular complexity index is 1160. The summed E-state index contributed by atoms with van der Waals surface area (Å²) in [6.07, 6.45) is 7.58. The van der Waals surface area contributed by atoms with Crippen molar-refractivity contribution in [2.75, 3.05) is 25.5 Å². The van der Waals surface area contributed by atoms with E-state index in [2.05, 4.69) is 53.0 Å². The predicted octanol–water partition coefficient (Wildman–Crippen LogP) is 5.16. The zero-order valence-electron chi connectivity index (χ0n) is 18.5. The van der Waals surface area contributed by atoms with Crippen LogP contribution in [0.4, 0.5) is 5.69 Å². The van der Waals surface area contributed by atoms with Gasteiger partial charge in [0.05, 0.1) is 24.0 Å². The average Bonchev–Trinajstić information content (AvgIpc) is 3.34. The fraction of sp³-hybridized carbons (Fsp3) is 0.296. The molecule has 0 saturated carbocycles. The summed E-state index contributed by atoms with van der Waals surface area (Å²) in [6.45, 7) is 5.23. The normalized spacial score (nSPS) is 16.1. The Morgan fingerprint density at radius 2 is 2.00 bits per heavy atom. The monoisotopic (exact) mass is 427 g/mol. The third kappa shape index (κ3) is 3.48. The van der Waals surface area contributed by atoms with Crippen LogP contribution in [0.25, 0.3) is 5.69 Å². The maximum Gasteiger partial charge on any atom is 0.253 e. The van der Waals surface area contributed by atoms with Crippen LogP contribution in [0, 0.1) is 0 Å². The summed E-state index contributed by atoms with van der Waals surface area (Å²) in [6, 6.07) is 18.5. The van der Waals surface area contributed by atoms with Gasteiger partial charge in [0, 0.05) is 36.6 Å². The van der Waals surface area contributed by atoms with E-state index in [0.29, 0.717) is 13.1 Å². The topological polar surface area (TPSA) is 46.5 Å². The lowest BCUT2D eigenvalue weighted by molar-refractivity contribution is 0.0676. The quantitative estimate of drug-likeness (QED) is 0.572. The second-order valence-electron chi connectivity index (χ2n) is 8.67. The standard InChI is InChI=1S/C27H29N3O2/c1-3-4-7-20-8-5-9-21(18-20)26(31)29-16-13-27(14-17-29)25-10-6-15-30(25)24-12-11-22(32-2)19-23(24)28-27/h3,5-6,8-12,15,18-19,28H,1,4,7,13-14,16-17H2,2H3. The summed E-state index contributed by atoms with van der Waals surface area (Å²) in [5, 5.41) is 3.81. The number of benzene rings is 2. The summed E-state index contributed by atoms with van der Waals surface area (Å²) in [5.74, 6) is 0.958. The molecule has 0 atom stereocenters. The first-order valence-corrected chi connectivity index (χ1v) is 11.3. The molecule has 0 aliphatic carbocycles. The minimum Gasteiger partial charge on any atom is -0.497 e. The number of rotatable bonds is 5. The van der Waals surface area contributed by atoms with E-state index in [4.69, 9.17) is 4.74 Å². The zero-order valence-corrected chi connectivity index (χ0v) is 18.5. The number of nitrogens with zero attached hydrogens (tertiary/aromatic N) is 2. The maximum atomic E-state index is 13.2. The van der Waals surface area contributed by atoms with Gasteiger partial charge >= 0.3 is 0 Å². The summed E-state index contributed by atoms with van der Waals surface area (Å²) >= 11 is 0. The van der Waals surface area contributed by atoms with Gasteiger partial charge in [-0.05, 0) is 67.6 Å². The molecule has 0 bridgehead atoms. The fourth-order valence-corrected chi connectivity index (χ4v) is 5.04. The molecule has 1 aromatic heterocycles. The van der Waals surface area contributed by atoms with Crippen LogP contribution in [0.2, 0.25) is 0 Å². The third-order valence-electron chi connectivity index (χ3n) is 6.79. The predicted molar refractivity (Wildman–Crippen MR) is 128 cm³/mol. The number of ether oxygens (including phenoxy) is 1. The number of nitrogens with one attached hydrogen (secondary N) is 1. The number of hydrogen-bond acceptors (Lipinski definition) is 3. The number of aryl methyl sites for hydroxylation is 1. The van der Waals surface area contributed by atoms with Gasteiger partial charge in [0.1, 0.15) is 5.75 Å². The molecule has 5 rings (SSSR count). The van der Waals surface area contributed by atoms with Crippen LogP contribution in [0.1, 0.15) is 40.9 Å². The molecule has 1 fully saturated rings. The van der Waals surface area contributed by atoms with Gasteiger partial charge in [0.25, 0.3) is 5.91 Å². The average molecular weight is 428 g/mol. The molecule has 2 aromatic carbocycles. The number of allylic oxidation sites excluding steroid dienone is 1. The van der Waals surface area contributed by atoms with Crippen LogP contribution >= 0.6 is 0 Å². The molecule has 5 heteroatoms. The van der Waals surface area contributed by atoms with E-state index in [0.717, 1.165) is 48.4 Å². The van der Waals surface area contributed by atoms with E-state index >= 15 is 0 Å². The van der Waals surface area contributed by atoms with Crippen molar-refractivity contribution < 1.29 is 9.53 Å². The molecule has 1 saturated heterocycles. The highest BCUT2D eigenvalue weighted by atomic mass is 16.5. The number of hydrogen-bond donors (Lipinski definition) is 1. The second kappa shape index (κ2) is 8.23. The highest BCUT2D eigenvalue weighted by Gasteiger charge is 2.42. The number of methoxy groups -OCH3 is 1. The summed E-state index contributed by atoms with van der Waals surface area (Å²) < 4.78 is 7.72. The molecule has 164 valence electrons. The van der Waals surface area contributed by atoms with Gasteiger partial charge < -0.3 is 19.5 Å². The van der Waals surface area contributed by atoms with Gasteiger partial charge in [-0.25, -0.2) is 0 Å². The molecule has 2 aliphatic rings. The van der Waals surface area contributed by atoms with Crippen molar-refractivity contribution in [2.45, 2.75) is 31.2 Å². The Labute approximate surface area is 189 Å². The van der Waals surface area contributed by atoms with Gasteiger partial charge in [-0.3, -0.25) is 4.79 Å². The number of anilines is 1. The molecule has 0 radical (unpaired) electrons. The third-order valence-corrected chi connectivity index (χ3v) is 6.79. The van der Waals surface area contributed by atoms with E-state index in [1.807, 2.05) is 35.2 Å². The van der Waals surface area contributed by atoms with Crippen molar-refractivity contribution >= 4 is 11.6 Å². The van der Waals surface area contributed by atoms with Gasteiger partial charge in [-0.1, -0.05) is 18.2 Å². The zero-order chi connectivity index (χ0) is 22.1. The van der Waals surface area contributed by atoms with Crippen LogP contribution in [0.5, 0.6) is 5.75 Å². The molecule has 3 aromatic rings. The molecule has 3 heterocycles. The van der Waals surface area contributed by atoms with Gasteiger partial charge in [-0.15, -0.1) is 6.58 Å². The lowest BCUT2D eigenvalue weighted by Gasteiger charge is -2.46. The Kier molecular flexibility index (Phi) is 5.25. The van der Waals surface area contributed by atoms with E-state index in [9.17, 15) is 4.79 Å². The van der Waals surface area contributed by atoms with Crippen molar-refractivity contribution in [3.8, 4) is 11.4 Å². The minimum atomic E-state index is -0.189. The summed E-state index contributed by atoms with van der Waals surface area (Å²) in [5.41, 5.74) is 5.23. The number of aromatic nitrogens is 1. The summed E-state index contributed by atoms with van der Waals surface area (Å²) in [4.78, 5) is 15.2. The molecular weight excluding hydrogens is 398 g/mol. The smallest absolute Gasteiger partial charge is 0.253 e. The first-order valence-electron chi connectivity index (χ1n) is 11.3. The van der Waals surface area contributed by atoms with Crippen molar-refractivity contribution in [3.05, 3.63) is 90.3 Å². The van der Waals surface area contributed by atoms with E-state index in [-0.39, 0.29) is 11.4 Å². The van der Waals surface area contributed by atoms with Crippen molar-refractivity contribution in [3.63, 3.8) is 0 Å². The van der Waals surface area contributed by atoms with Gasteiger partial charge in [0.15, 0.2) is 0 Å². The SMILES string of the molecule is C=CCCc1cccc(C(=O)N2CCC3(CC2)Nc2cc(OC)ccc2-n2cccc23)c1. The maximum absolute atomic E-state index is 13.2.